The van der Waals surface area contributed by atoms with Crippen molar-refractivity contribution in [2.75, 3.05) is 32.5 Å². The van der Waals surface area contributed by atoms with Gasteiger partial charge in [-0.1, -0.05) is 12.0 Å². The molecule has 1 heterocycles. The topological polar surface area (TPSA) is 83.3 Å². The van der Waals surface area contributed by atoms with E-state index in [0.29, 0.717) is 24.9 Å². The van der Waals surface area contributed by atoms with Crippen molar-refractivity contribution in [1.82, 2.24) is 20.4 Å². The predicted molar refractivity (Wildman–Crippen MR) is 68.2 cm³/mol. The lowest BCUT2D eigenvalue weighted by atomic mass is 10.3. The molecule has 1 rings (SSSR count). The quantitative estimate of drug-likeness (QED) is 0.743. The zero-order valence-electron chi connectivity index (χ0n) is 11.4. The van der Waals surface area contributed by atoms with Gasteiger partial charge in [-0.2, -0.15) is 0 Å². The van der Waals surface area contributed by atoms with Gasteiger partial charge < -0.3 is 20.0 Å². The van der Waals surface area contributed by atoms with E-state index in [1.807, 2.05) is 13.8 Å². The zero-order valence-corrected chi connectivity index (χ0v) is 11.4. The average Bonchev–Trinajstić information content (AvgIpc) is 2.78. The Bertz CT molecular complexity index is 377. The van der Waals surface area contributed by atoms with Gasteiger partial charge in [0.2, 0.25) is 11.8 Å². The molecule has 1 atom stereocenters. The van der Waals surface area contributed by atoms with Gasteiger partial charge in [-0.3, -0.25) is 4.79 Å². The predicted octanol–water partition coefficient (Wildman–Crippen LogP) is 0.630. The molecule has 0 aliphatic rings. The number of carbonyl (C=O) groups excluding carboxylic acids is 1. The fraction of sp³-hybridized carbons (Fsp3) is 0.727. The molecule has 0 aliphatic heterocycles. The summed E-state index contributed by atoms with van der Waals surface area (Å²) in [5.41, 5.74) is 0. The normalized spacial score (nSPS) is 12.2. The van der Waals surface area contributed by atoms with Crippen LogP contribution in [0.25, 0.3) is 0 Å². The van der Waals surface area contributed by atoms with Gasteiger partial charge in [0, 0.05) is 27.1 Å². The van der Waals surface area contributed by atoms with Gasteiger partial charge in [0.1, 0.15) is 0 Å². The summed E-state index contributed by atoms with van der Waals surface area (Å²) in [7, 11) is 3.45. The fourth-order valence-electron chi connectivity index (χ4n) is 1.37. The third-order valence-electron chi connectivity index (χ3n) is 2.44. The molecule has 1 amide bonds. The summed E-state index contributed by atoms with van der Waals surface area (Å²) in [5, 5.41) is 13.9. The molecule has 7 nitrogen and oxygen atoms in total. The first kappa shape index (κ1) is 14.4. The van der Waals surface area contributed by atoms with Crippen LogP contribution >= 0.6 is 0 Å². The first-order valence-corrected chi connectivity index (χ1v) is 6.05. The molecule has 7 heteroatoms. The number of aromatic nitrogens is 2. The Labute approximate surface area is 107 Å². The number of anilines is 1. The van der Waals surface area contributed by atoms with Gasteiger partial charge in [-0.15, -0.1) is 5.10 Å². The Morgan fingerprint density at radius 1 is 1.44 bits per heavy atom. The van der Waals surface area contributed by atoms with E-state index in [2.05, 4.69) is 20.8 Å². The summed E-state index contributed by atoms with van der Waals surface area (Å²) < 4.78 is 5.42. The van der Waals surface area contributed by atoms with Crippen LogP contribution in [-0.2, 0) is 4.79 Å². The molecule has 0 spiro atoms. The Morgan fingerprint density at radius 3 is 2.78 bits per heavy atom. The molecule has 0 radical (unpaired) electrons. The second-order valence-corrected chi connectivity index (χ2v) is 4.19. The number of nitrogens with one attached hydrogen (secondary N) is 2. The van der Waals surface area contributed by atoms with E-state index >= 15 is 0 Å². The van der Waals surface area contributed by atoms with E-state index in [-0.39, 0.29) is 11.9 Å². The zero-order chi connectivity index (χ0) is 13.5. The Balaban J connectivity index is 2.38. The average molecular weight is 255 g/mol. The Morgan fingerprint density at radius 2 is 2.17 bits per heavy atom. The standard InChI is InChI=1S/C11H21N5O2/c1-5-12-8(2)10-14-15-11(18-10)13-7-6-9(17)16(3)4/h8,12H,5-7H2,1-4H3,(H,13,15). The maximum Gasteiger partial charge on any atom is 0.315 e. The van der Waals surface area contributed by atoms with Crippen LogP contribution in [0, 0.1) is 0 Å². The van der Waals surface area contributed by atoms with Crippen molar-refractivity contribution in [1.29, 1.82) is 0 Å². The van der Waals surface area contributed by atoms with Gasteiger partial charge in [0.25, 0.3) is 0 Å². The van der Waals surface area contributed by atoms with E-state index < -0.39 is 0 Å². The Hall–Kier alpha value is -1.63. The summed E-state index contributed by atoms with van der Waals surface area (Å²) in [5.74, 6) is 0.599. The lowest BCUT2D eigenvalue weighted by Gasteiger charge is -2.09. The number of hydrogen-bond donors (Lipinski definition) is 2. The van der Waals surface area contributed by atoms with Crippen molar-refractivity contribution in [2.45, 2.75) is 26.3 Å². The summed E-state index contributed by atoms with van der Waals surface area (Å²) in [6.45, 7) is 5.28. The van der Waals surface area contributed by atoms with E-state index in [9.17, 15) is 4.79 Å². The fourth-order valence-corrected chi connectivity index (χ4v) is 1.37. The first-order chi connectivity index (χ1) is 8.54. The molecule has 0 fully saturated rings. The number of hydrogen-bond acceptors (Lipinski definition) is 6. The summed E-state index contributed by atoms with van der Waals surface area (Å²) >= 11 is 0. The summed E-state index contributed by atoms with van der Waals surface area (Å²) in [4.78, 5) is 12.9. The minimum atomic E-state index is 0.0291. The van der Waals surface area contributed by atoms with Crippen LogP contribution < -0.4 is 10.6 Å². The number of amides is 1. The van der Waals surface area contributed by atoms with E-state index in [1.165, 1.54) is 0 Å². The van der Waals surface area contributed by atoms with Crippen molar-refractivity contribution in [3.63, 3.8) is 0 Å². The molecule has 0 aromatic carbocycles. The van der Waals surface area contributed by atoms with E-state index in [0.717, 1.165) is 6.54 Å². The van der Waals surface area contributed by atoms with Crippen molar-refractivity contribution < 1.29 is 9.21 Å². The van der Waals surface area contributed by atoms with Gasteiger partial charge in [-0.05, 0) is 13.5 Å². The molecule has 1 aromatic rings. The number of carbonyl (C=O) groups is 1. The van der Waals surface area contributed by atoms with Crippen molar-refractivity contribution in [3.8, 4) is 0 Å². The van der Waals surface area contributed by atoms with Gasteiger partial charge in [-0.25, -0.2) is 0 Å². The highest BCUT2D eigenvalue weighted by Gasteiger charge is 2.12. The Kier molecular flexibility index (Phi) is 5.57. The highest BCUT2D eigenvalue weighted by Crippen LogP contribution is 2.13. The third kappa shape index (κ3) is 4.33. The van der Waals surface area contributed by atoms with Gasteiger partial charge in [0.15, 0.2) is 0 Å². The second kappa shape index (κ2) is 6.95. The lowest BCUT2D eigenvalue weighted by molar-refractivity contribution is -0.128. The minimum Gasteiger partial charge on any atom is -0.406 e. The maximum atomic E-state index is 11.3. The molecule has 1 unspecified atom stereocenters. The van der Waals surface area contributed by atoms with Gasteiger partial charge >= 0.3 is 6.01 Å². The third-order valence-corrected chi connectivity index (χ3v) is 2.44. The molecule has 102 valence electrons. The first-order valence-electron chi connectivity index (χ1n) is 6.05. The van der Waals surface area contributed by atoms with Crippen LogP contribution in [0.3, 0.4) is 0 Å². The van der Waals surface area contributed by atoms with E-state index in [4.69, 9.17) is 4.42 Å². The van der Waals surface area contributed by atoms with Crippen LogP contribution in [-0.4, -0.2) is 48.2 Å². The summed E-state index contributed by atoms with van der Waals surface area (Å²) in [6.07, 6.45) is 0.396. The SMILES string of the molecule is CCNC(C)c1nnc(NCCC(=O)N(C)C)o1. The minimum absolute atomic E-state index is 0.0291. The van der Waals surface area contributed by atoms with Crippen LogP contribution in [0.4, 0.5) is 6.01 Å². The highest BCUT2D eigenvalue weighted by molar-refractivity contribution is 5.75. The van der Waals surface area contributed by atoms with Crippen LogP contribution in [0.15, 0.2) is 4.42 Å². The molecule has 0 saturated carbocycles. The van der Waals surface area contributed by atoms with Crippen molar-refractivity contribution in [2.24, 2.45) is 0 Å². The van der Waals surface area contributed by atoms with Crippen LogP contribution in [0.2, 0.25) is 0 Å². The second-order valence-electron chi connectivity index (χ2n) is 4.19. The molecule has 18 heavy (non-hydrogen) atoms. The largest absolute Gasteiger partial charge is 0.406 e. The molecule has 0 aliphatic carbocycles. The maximum absolute atomic E-state index is 11.3. The molecule has 2 N–H and O–H groups in total. The van der Waals surface area contributed by atoms with Gasteiger partial charge in [0.05, 0.1) is 6.04 Å². The monoisotopic (exact) mass is 255 g/mol. The lowest BCUT2D eigenvalue weighted by Crippen LogP contribution is -2.23. The van der Waals surface area contributed by atoms with Crippen molar-refractivity contribution in [3.05, 3.63) is 5.89 Å². The summed E-state index contributed by atoms with van der Waals surface area (Å²) in [6, 6.07) is 0.378. The number of rotatable bonds is 7. The van der Waals surface area contributed by atoms with E-state index in [1.54, 1.807) is 19.0 Å². The smallest absolute Gasteiger partial charge is 0.315 e. The van der Waals surface area contributed by atoms with Crippen molar-refractivity contribution >= 4 is 11.9 Å². The number of nitrogens with zero attached hydrogens (tertiary/aromatic N) is 3. The molecule has 0 bridgehead atoms. The van der Waals surface area contributed by atoms with Crippen LogP contribution in [0.5, 0.6) is 0 Å². The molecule has 1 aromatic heterocycles. The molecular weight excluding hydrogens is 234 g/mol. The molecular formula is C11H21N5O2. The molecule has 0 saturated heterocycles. The van der Waals surface area contributed by atoms with Crippen LogP contribution in [0.1, 0.15) is 32.2 Å². The highest BCUT2D eigenvalue weighted by atomic mass is 16.4.